The second-order valence-electron chi connectivity index (χ2n) is 8.30. The number of nitrogens with one attached hydrogen (secondary N) is 1. The second-order valence-corrected chi connectivity index (χ2v) is 9.29. The van der Waals surface area contributed by atoms with Crippen molar-refractivity contribution >= 4 is 51.4 Å². The molecule has 4 aromatic rings. The minimum atomic E-state index is -0.541. The predicted molar refractivity (Wildman–Crippen MR) is 142 cm³/mol. The molecule has 0 radical (unpaired) electrons. The Morgan fingerprint density at radius 3 is 2.57 bits per heavy atom. The summed E-state index contributed by atoms with van der Waals surface area (Å²) >= 11 is 0.774. The first-order valence-corrected chi connectivity index (χ1v) is 12.3. The molecule has 1 aliphatic rings. The van der Waals surface area contributed by atoms with Gasteiger partial charge in [-0.05, 0) is 53.1 Å². The maximum absolute atomic E-state index is 13.8. The fourth-order valence-corrected chi connectivity index (χ4v) is 4.76. The largest absolute Gasteiger partial charge is 0.489 e. The van der Waals surface area contributed by atoms with Crippen molar-refractivity contribution in [3.63, 3.8) is 0 Å². The molecule has 37 heavy (non-hydrogen) atoms. The highest BCUT2D eigenvalue weighted by atomic mass is 32.2. The number of carbonyl (C=O) groups excluding carboxylic acids is 3. The number of amides is 3. The number of fused-ring (bicyclic) bond motifs is 1. The summed E-state index contributed by atoms with van der Waals surface area (Å²) in [6.07, 6.45) is 1.57. The van der Waals surface area contributed by atoms with Crippen LogP contribution in [0.25, 0.3) is 16.8 Å². The lowest BCUT2D eigenvalue weighted by molar-refractivity contribution is -0.127. The molecule has 8 heteroatoms. The van der Waals surface area contributed by atoms with Crippen LogP contribution in [0.5, 0.6) is 5.75 Å². The number of benzene rings is 4. The summed E-state index contributed by atoms with van der Waals surface area (Å²) in [5.74, 6) is -0.869. The molecule has 0 atom stereocenters. The Bertz CT molecular complexity index is 1550. The molecule has 4 aromatic carbocycles. The summed E-state index contributed by atoms with van der Waals surface area (Å²) in [5.41, 5.74) is 1.67. The van der Waals surface area contributed by atoms with Crippen LogP contribution in [0.4, 0.5) is 14.9 Å². The van der Waals surface area contributed by atoms with Crippen LogP contribution in [0.2, 0.25) is 0 Å². The fourth-order valence-electron chi connectivity index (χ4n) is 3.93. The quantitative estimate of drug-likeness (QED) is 0.297. The van der Waals surface area contributed by atoms with E-state index >= 15 is 0 Å². The van der Waals surface area contributed by atoms with Crippen molar-refractivity contribution in [2.24, 2.45) is 0 Å². The molecule has 184 valence electrons. The van der Waals surface area contributed by atoms with Gasteiger partial charge in [0.2, 0.25) is 5.91 Å². The Hall–Kier alpha value is -4.43. The molecule has 1 N–H and O–H groups in total. The molecule has 0 aliphatic carbocycles. The van der Waals surface area contributed by atoms with E-state index in [1.807, 2.05) is 36.4 Å². The van der Waals surface area contributed by atoms with E-state index in [1.54, 1.807) is 54.6 Å². The van der Waals surface area contributed by atoms with Crippen LogP contribution >= 0.6 is 11.8 Å². The van der Waals surface area contributed by atoms with Crippen LogP contribution < -0.4 is 10.1 Å². The van der Waals surface area contributed by atoms with Crippen LogP contribution in [0, 0.1) is 5.82 Å². The highest BCUT2D eigenvalue weighted by Crippen LogP contribution is 2.33. The number of nitrogens with zero attached hydrogens (tertiary/aromatic N) is 1. The van der Waals surface area contributed by atoms with Gasteiger partial charge in [0.05, 0.1) is 4.91 Å². The van der Waals surface area contributed by atoms with E-state index < -0.39 is 23.6 Å². The molecule has 1 fully saturated rings. The van der Waals surface area contributed by atoms with Crippen LogP contribution in [0.1, 0.15) is 11.1 Å². The van der Waals surface area contributed by atoms with E-state index in [4.69, 9.17) is 4.74 Å². The summed E-state index contributed by atoms with van der Waals surface area (Å²) in [6, 6.07) is 26.4. The van der Waals surface area contributed by atoms with Crippen LogP contribution in [-0.4, -0.2) is 28.5 Å². The van der Waals surface area contributed by atoms with Crippen molar-refractivity contribution in [2.75, 3.05) is 11.9 Å². The van der Waals surface area contributed by atoms with Crippen molar-refractivity contribution in [2.45, 2.75) is 6.61 Å². The normalized spacial score (nSPS) is 14.4. The highest BCUT2D eigenvalue weighted by Gasteiger charge is 2.36. The Labute approximate surface area is 216 Å². The predicted octanol–water partition coefficient (Wildman–Crippen LogP) is 6.23. The smallest absolute Gasteiger partial charge is 0.294 e. The van der Waals surface area contributed by atoms with Crippen LogP contribution in [-0.2, 0) is 16.2 Å². The minimum absolute atomic E-state index is 0.0540. The molecule has 3 amide bonds. The molecule has 6 nitrogen and oxygen atoms in total. The van der Waals surface area contributed by atoms with Gasteiger partial charge in [-0.1, -0.05) is 66.7 Å². The number of hydrogen-bond donors (Lipinski definition) is 1. The van der Waals surface area contributed by atoms with Gasteiger partial charge >= 0.3 is 0 Å². The zero-order valence-corrected chi connectivity index (χ0v) is 20.3. The summed E-state index contributed by atoms with van der Waals surface area (Å²) < 4.78 is 19.5. The number of halogens is 1. The van der Waals surface area contributed by atoms with E-state index in [0.29, 0.717) is 22.6 Å². The maximum Gasteiger partial charge on any atom is 0.294 e. The zero-order valence-electron chi connectivity index (χ0n) is 19.5. The van der Waals surface area contributed by atoms with Gasteiger partial charge in [-0.3, -0.25) is 19.3 Å². The average molecular weight is 513 g/mol. The van der Waals surface area contributed by atoms with Gasteiger partial charge in [0.1, 0.15) is 24.7 Å². The van der Waals surface area contributed by atoms with Crippen LogP contribution in [0.3, 0.4) is 0 Å². The number of anilines is 1. The molecule has 0 aromatic heterocycles. The zero-order chi connectivity index (χ0) is 25.8. The maximum atomic E-state index is 13.8. The molecular weight excluding hydrogens is 491 g/mol. The first-order chi connectivity index (χ1) is 18.0. The van der Waals surface area contributed by atoms with Crippen molar-refractivity contribution in [1.82, 2.24) is 4.90 Å². The van der Waals surface area contributed by atoms with Gasteiger partial charge in [-0.2, -0.15) is 0 Å². The van der Waals surface area contributed by atoms with Gasteiger partial charge in [0.15, 0.2) is 0 Å². The fraction of sp³-hybridized carbons (Fsp3) is 0.0690. The molecule has 1 saturated heterocycles. The Morgan fingerprint density at radius 1 is 0.946 bits per heavy atom. The Balaban J connectivity index is 1.25. The first-order valence-electron chi connectivity index (χ1n) is 11.5. The van der Waals surface area contributed by atoms with E-state index in [-0.39, 0.29) is 17.3 Å². The topological polar surface area (TPSA) is 75.7 Å². The van der Waals surface area contributed by atoms with E-state index in [0.717, 1.165) is 27.4 Å². The molecular formula is C29H21FN2O4S. The third-order valence-corrected chi connectivity index (χ3v) is 6.65. The lowest BCUT2D eigenvalue weighted by Crippen LogP contribution is -2.36. The summed E-state index contributed by atoms with van der Waals surface area (Å²) in [4.78, 5) is 39.3. The number of carbonyl (C=O) groups is 3. The lowest BCUT2D eigenvalue weighted by atomic mass is 10.1. The van der Waals surface area contributed by atoms with Gasteiger partial charge < -0.3 is 10.1 Å². The van der Waals surface area contributed by atoms with E-state index in [9.17, 15) is 18.8 Å². The summed E-state index contributed by atoms with van der Waals surface area (Å²) in [7, 11) is 0. The SMILES string of the molecule is O=C(CN1C(=O)S/C(=C/c2cccc(OCc3ccccc3F)c2)C1=O)Nc1cccc2ccccc12. The number of thioether (sulfide) groups is 1. The number of rotatable bonds is 7. The monoisotopic (exact) mass is 512 g/mol. The van der Waals surface area contributed by atoms with Crippen LogP contribution in [0.15, 0.2) is 95.9 Å². The Morgan fingerprint density at radius 2 is 1.70 bits per heavy atom. The second kappa shape index (κ2) is 10.7. The standard InChI is InChI=1S/C29H21FN2O4S/c30-24-13-4-2-9-21(24)18-36-22-11-5-7-19(15-22)16-26-28(34)32(29(35)37-26)17-27(33)31-25-14-6-10-20-8-1-3-12-23(20)25/h1-16H,17-18H2,(H,31,33)/b26-16+. The van der Waals surface area contributed by atoms with E-state index in [2.05, 4.69) is 5.32 Å². The molecule has 5 rings (SSSR count). The summed E-state index contributed by atoms with van der Waals surface area (Å²) in [6.45, 7) is -0.338. The molecule has 0 unspecified atom stereocenters. The molecule has 0 bridgehead atoms. The third kappa shape index (κ3) is 5.54. The molecule has 0 saturated carbocycles. The minimum Gasteiger partial charge on any atom is -0.489 e. The summed E-state index contributed by atoms with van der Waals surface area (Å²) in [5, 5.41) is 4.11. The van der Waals surface area contributed by atoms with Gasteiger partial charge in [-0.15, -0.1) is 0 Å². The number of ether oxygens (including phenoxy) is 1. The van der Waals surface area contributed by atoms with Gasteiger partial charge in [0.25, 0.3) is 11.1 Å². The van der Waals surface area contributed by atoms with Gasteiger partial charge in [0, 0.05) is 16.6 Å². The lowest BCUT2D eigenvalue weighted by Gasteiger charge is -2.13. The number of hydrogen-bond acceptors (Lipinski definition) is 5. The Kier molecular flexibility index (Phi) is 7.00. The van der Waals surface area contributed by atoms with Crippen molar-refractivity contribution in [3.8, 4) is 5.75 Å². The van der Waals surface area contributed by atoms with Gasteiger partial charge in [-0.25, -0.2) is 4.39 Å². The van der Waals surface area contributed by atoms with Crippen molar-refractivity contribution < 1.29 is 23.5 Å². The first kappa shape index (κ1) is 24.3. The number of imide groups is 1. The van der Waals surface area contributed by atoms with Crippen molar-refractivity contribution in [3.05, 3.63) is 113 Å². The van der Waals surface area contributed by atoms with Crippen molar-refractivity contribution in [1.29, 1.82) is 0 Å². The molecule has 1 aliphatic heterocycles. The van der Waals surface area contributed by atoms with E-state index in [1.165, 1.54) is 6.07 Å². The molecule has 1 heterocycles. The molecule has 0 spiro atoms. The third-order valence-electron chi connectivity index (χ3n) is 5.75. The average Bonchev–Trinajstić information content (AvgIpc) is 3.16. The highest BCUT2D eigenvalue weighted by molar-refractivity contribution is 8.18.